The van der Waals surface area contributed by atoms with Crippen molar-refractivity contribution in [2.24, 2.45) is 11.8 Å². The highest BCUT2D eigenvalue weighted by atomic mass is 16.5. The summed E-state index contributed by atoms with van der Waals surface area (Å²) in [6.07, 6.45) is 3.10. The molecule has 0 aliphatic heterocycles. The molecule has 2 N–H and O–H groups in total. The molecular formula is C20H40N2O4. The van der Waals surface area contributed by atoms with Crippen molar-refractivity contribution >= 4 is 11.9 Å². The molecule has 6 heteroatoms. The monoisotopic (exact) mass is 372 g/mol. The maximum atomic E-state index is 12.2. The quantitative estimate of drug-likeness (QED) is 0.340. The Balaban J connectivity index is 4.45. The van der Waals surface area contributed by atoms with Crippen LogP contribution in [0.4, 0.5) is 0 Å². The summed E-state index contributed by atoms with van der Waals surface area (Å²) in [4.78, 5) is 24.3. The second-order valence-corrected chi connectivity index (χ2v) is 7.61. The van der Waals surface area contributed by atoms with E-state index in [1.165, 1.54) is 0 Å². The second-order valence-electron chi connectivity index (χ2n) is 7.61. The first kappa shape index (κ1) is 24.9. The zero-order chi connectivity index (χ0) is 19.9. The minimum Gasteiger partial charge on any atom is -0.465 e. The molecule has 0 heterocycles. The highest BCUT2D eigenvalue weighted by Gasteiger charge is 2.22. The third-order valence-corrected chi connectivity index (χ3v) is 3.79. The molecule has 0 aromatic rings. The van der Waals surface area contributed by atoms with E-state index in [1.807, 2.05) is 13.8 Å². The van der Waals surface area contributed by atoms with Crippen molar-refractivity contribution in [2.75, 3.05) is 26.3 Å². The summed E-state index contributed by atoms with van der Waals surface area (Å²) in [7, 11) is 0. The van der Waals surface area contributed by atoms with Crippen molar-refractivity contribution in [3.05, 3.63) is 0 Å². The molecule has 0 radical (unpaired) electrons. The van der Waals surface area contributed by atoms with Crippen molar-refractivity contribution < 1.29 is 19.1 Å². The van der Waals surface area contributed by atoms with Gasteiger partial charge in [-0.2, -0.15) is 0 Å². The van der Waals surface area contributed by atoms with Crippen LogP contribution in [0.3, 0.4) is 0 Å². The van der Waals surface area contributed by atoms with Gasteiger partial charge in [-0.05, 0) is 37.5 Å². The number of esters is 2. The summed E-state index contributed by atoms with van der Waals surface area (Å²) in [6.45, 7) is 14.4. The van der Waals surface area contributed by atoms with E-state index in [4.69, 9.17) is 9.47 Å². The Hall–Kier alpha value is -1.14. The standard InChI is InChI=1S/C20H40N2O4/c1-7-11-25-19(23)17(13-15(3)4)21-9-10-22-18(14-16(5)6)20(24)26-12-8-2/h15-18,21-22H,7-14H2,1-6H3/t17-,18-/m0/s1. The van der Waals surface area contributed by atoms with E-state index in [1.54, 1.807) is 0 Å². The summed E-state index contributed by atoms with van der Waals surface area (Å²) >= 11 is 0. The van der Waals surface area contributed by atoms with E-state index in [9.17, 15) is 9.59 Å². The van der Waals surface area contributed by atoms with Crippen LogP contribution in [-0.4, -0.2) is 50.3 Å². The van der Waals surface area contributed by atoms with Crippen molar-refractivity contribution in [2.45, 2.75) is 79.3 Å². The minimum atomic E-state index is -0.307. The molecule has 154 valence electrons. The van der Waals surface area contributed by atoms with Crippen LogP contribution in [0.25, 0.3) is 0 Å². The van der Waals surface area contributed by atoms with Crippen molar-refractivity contribution in [1.29, 1.82) is 0 Å². The van der Waals surface area contributed by atoms with Crippen LogP contribution in [0.5, 0.6) is 0 Å². The van der Waals surface area contributed by atoms with Gasteiger partial charge in [0.1, 0.15) is 12.1 Å². The van der Waals surface area contributed by atoms with Crippen LogP contribution in [0.2, 0.25) is 0 Å². The number of hydrogen-bond donors (Lipinski definition) is 2. The van der Waals surface area contributed by atoms with Gasteiger partial charge in [0, 0.05) is 13.1 Å². The molecule has 0 fully saturated rings. The van der Waals surface area contributed by atoms with Gasteiger partial charge in [0.15, 0.2) is 0 Å². The van der Waals surface area contributed by atoms with Crippen molar-refractivity contribution in [1.82, 2.24) is 10.6 Å². The predicted molar refractivity (Wildman–Crippen MR) is 105 cm³/mol. The van der Waals surface area contributed by atoms with Gasteiger partial charge in [-0.15, -0.1) is 0 Å². The minimum absolute atomic E-state index is 0.193. The molecule has 0 saturated heterocycles. The molecule has 0 spiro atoms. The molecule has 26 heavy (non-hydrogen) atoms. The number of hydrogen-bond acceptors (Lipinski definition) is 6. The lowest BCUT2D eigenvalue weighted by atomic mass is 10.0. The first-order chi connectivity index (χ1) is 12.3. The van der Waals surface area contributed by atoms with Gasteiger partial charge in [0.05, 0.1) is 13.2 Å². The molecular weight excluding hydrogens is 332 g/mol. The smallest absolute Gasteiger partial charge is 0.323 e. The van der Waals surface area contributed by atoms with Gasteiger partial charge < -0.3 is 20.1 Å². The Kier molecular flexibility index (Phi) is 14.3. The fraction of sp³-hybridized carbons (Fsp3) is 0.900. The SMILES string of the molecule is CCCOC(=O)[C@H](CC(C)C)NCCN[C@@H](CC(C)C)C(=O)OCCC. The molecule has 0 bridgehead atoms. The van der Waals surface area contributed by atoms with Crippen LogP contribution < -0.4 is 10.6 Å². The number of ether oxygens (including phenoxy) is 2. The Labute approximate surface area is 159 Å². The molecule has 0 rings (SSSR count). The summed E-state index contributed by atoms with van der Waals surface area (Å²) in [5.41, 5.74) is 0. The van der Waals surface area contributed by atoms with Gasteiger partial charge in [0.25, 0.3) is 0 Å². The lowest BCUT2D eigenvalue weighted by molar-refractivity contribution is -0.147. The van der Waals surface area contributed by atoms with Gasteiger partial charge in [0.2, 0.25) is 0 Å². The van der Waals surface area contributed by atoms with Crippen LogP contribution in [-0.2, 0) is 19.1 Å². The third kappa shape index (κ3) is 12.3. The van der Waals surface area contributed by atoms with E-state index >= 15 is 0 Å². The Morgan fingerprint density at radius 2 is 1.08 bits per heavy atom. The Bertz CT molecular complexity index is 350. The lowest BCUT2D eigenvalue weighted by Gasteiger charge is -2.22. The average Bonchev–Trinajstić information content (AvgIpc) is 2.58. The molecule has 2 atom stereocenters. The predicted octanol–water partition coefficient (Wildman–Crippen LogP) is 2.90. The molecule has 6 nitrogen and oxygen atoms in total. The Morgan fingerprint density at radius 1 is 0.731 bits per heavy atom. The van der Waals surface area contributed by atoms with Crippen molar-refractivity contribution in [3.63, 3.8) is 0 Å². The van der Waals surface area contributed by atoms with E-state index in [-0.39, 0.29) is 24.0 Å². The molecule has 0 aromatic heterocycles. The molecule has 0 saturated carbocycles. The fourth-order valence-corrected chi connectivity index (χ4v) is 2.57. The van der Waals surface area contributed by atoms with Crippen LogP contribution in [0, 0.1) is 11.8 Å². The number of nitrogens with one attached hydrogen (secondary N) is 2. The number of rotatable bonds is 15. The first-order valence-electron chi connectivity index (χ1n) is 10.1. The zero-order valence-corrected chi connectivity index (χ0v) is 17.6. The van der Waals surface area contributed by atoms with Crippen molar-refractivity contribution in [3.8, 4) is 0 Å². The zero-order valence-electron chi connectivity index (χ0n) is 17.6. The lowest BCUT2D eigenvalue weighted by Crippen LogP contribution is -2.46. The van der Waals surface area contributed by atoms with Crippen LogP contribution in [0.1, 0.15) is 67.2 Å². The molecule has 0 unspecified atom stereocenters. The summed E-state index contributed by atoms with van der Waals surface area (Å²) in [5, 5.41) is 6.52. The molecule has 0 amide bonds. The summed E-state index contributed by atoms with van der Waals surface area (Å²) in [6, 6.07) is -0.613. The fourth-order valence-electron chi connectivity index (χ4n) is 2.57. The maximum absolute atomic E-state index is 12.2. The van der Waals surface area contributed by atoms with E-state index in [0.717, 1.165) is 25.7 Å². The normalized spacial score (nSPS) is 13.7. The van der Waals surface area contributed by atoms with Gasteiger partial charge in [-0.25, -0.2) is 0 Å². The maximum Gasteiger partial charge on any atom is 0.323 e. The van der Waals surface area contributed by atoms with E-state index < -0.39 is 0 Å². The topological polar surface area (TPSA) is 76.7 Å². The Morgan fingerprint density at radius 3 is 1.35 bits per heavy atom. The van der Waals surface area contributed by atoms with Gasteiger partial charge in [-0.1, -0.05) is 41.5 Å². The molecule has 0 aromatic carbocycles. The van der Waals surface area contributed by atoms with Gasteiger partial charge >= 0.3 is 11.9 Å². The van der Waals surface area contributed by atoms with E-state index in [0.29, 0.717) is 38.1 Å². The van der Waals surface area contributed by atoms with Crippen LogP contribution >= 0.6 is 0 Å². The molecule has 0 aliphatic carbocycles. The highest BCUT2D eigenvalue weighted by Crippen LogP contribution is 2.08. The largest absolute Gasteiger partial charge is 0.465 e. The summed E-state index contributed by atoms with van der Waals surface area (Å²) < 4.78 is 10.5. The van der Waals surface area contributed by atoms with E-state index in [2.05, 4.69) is 38.3 Å². The number of carbonyl (C=O) groups excluding carboxylic acids is 2. The first-order valence-corrected chi connectivity index (χ1v) is 10.1. The second kappa shape index (κ2) is 15.0. The summed E-state index contributed by atoms with van der Waals surface area (Å²) in [5.74, 6) is 0.406. The third-order valence-electron chi connectivity index (χ3n) is 3.79. The van der Waals surface area contributed by atoms with Gasteiger partial charge in [-0.3, -0.25) is 9.59 Å². The number of carbonyl (C=O) groups is 2. The average molecular weight is 373 g/mol. The van der Waals surface area contributed by atoms with Crippen LogP contribution in [0.15, 0.2) is 0 Å². The molecule has 0 aliphatic rings. The highest BCUT2D eigenvalue weighted by molar-refractivity contribution is 5.76.